The van der Waals surface area contributed by atoms with Crippen molar-refractivity contribution in [3.63, 3.8) is 0 Å². The van der Waals surface area contributed by atoms with Crippen LogP contribution in [0.3, 0.4) is 0 Å². The molecule has 3 N–H and O–H groups in total. The molecule has 2 aromatic heterocycles. The molecule has 1 atom stereocenters. The van der Waals surface area contributed by atoms with E-state index in [9.17, 15) is 9.59 Å². The standard InChI is InChI=1S/C26H33N7O2/c1-5-22(34)32-14-12-31(13-15-32)16-19-6-8-20(9-7-19)18(4)28-26-29-24(27)21-10-11-23(35)33(17(2)3)25(21)30-26/h5-11,17-18H,1,12-16H2,2-4H3,(H3,27,28,29,30). The fourth-order valence-corrected chi connectivity index (χ4v) is 4.42. The zero-order chi connectivity index (χ0) is 25.1. The number of hydrogen-bond donors (Lipinski definition) is 2. The topological polar surface area (TPSA) is 109 Å². The first kappa shape index (κ1) is 24.4. The normalized spacial score (nSPS) is 15.4. The van der Waals surface area contributed by atoms with Crippen molar-refractivity contribution in [2.24, 2.45) is 0 Å². The number of carbonyl (C=O) groups excluding carboxylic acids is 1. The molecule has 9 nitrogen and oxygen atoms in total. The van der Waals surface area contributed by atoms with Crippen LogP contribution in [0.4, 0.5) is 11.8 Å². The van der Waals surface area contributed by atoms with Crippen LogP contribution in [0.25, 0.3) is 11.0 Å². The summed E-state index contributed by atoms with van der Waals surface area (Å²) in [5.74, 6) is 0.725. The van der Waals surface area contributed by atoms with E-state index in [-0.39, 0.29) is 23.6 Å². The fourth-order valence-electron chi connectivity index (χ4n) is 4.42. The lowest BCUT2D eigenvalue weighted by atomic mass is 10.1. The van der Waals surface area contributed by atoms with Crippen LogP contribution >= 0.6 is 0 Å². The van der Waals surface area contributed by atoms with Crippen LogP contribution in [0.5, 0.6) is 0 Å². The number of hydrogen-bond acceptors (Lipinski definition) is 7. The molecule has 0 aliphatic carbocycles. The highest BCUT2D eigenvalue weighted by Gasteiger charge is 2.19. The lowest BCUT2D eigenvalue weighted by Gasteiger charge is -2.34. The van der Waals surface area contributed by atoms with Crippen molar-refractivity contribution < 1.29 is 4.79 Å². The molecule has 35 heavy (non-hydrogen) atoms. The number of benzene rings is 1. The van der Waals surface area contributed by atoms with Crippen molar-refractivity contribution in [3.8, 4) is 0 Å². The average molecular weight is 476 g/mol. The Hall–Kier alpha value is -3.72. The Morgan fingerprint density at radius 3 is 2.40 bits per heavy atom. The number of anilines is 2. The summed E-state index contributed by atoms with van der Waals surface area (Å²) < 4.78 is 1.63. The van der Waals surface area contributed by atoms with Crippen molar-refractivity contribution >= 4 is 28.7 Å². The van der Waals surface area contributed by atoms with Crippen LogP contribution in [0.2, 0.25) is 0 Å². The largest absolute Gasteiger partial charge is 0.383 e. The number of rotatable bonds is 7. The van der Waals surface area contributed by atoms with E-state index < -0.39 is 0 Å². The third-order valence-electron chi connectivity index (χ3n) is 6.42. The Morgan fingerprint density at radius 1 is 1.09 bits per heavy atom. The summed E-state index contributed by atoms with van der Waals surface area (Å²) >= 11 is 0. The first-order valence-electron chi connectivity index (χ1n) is 11.9. The molecular formula is C26H33N7O2. The van der Waals surface area contributed by atoms with Crippen LogP contribution in [0.1, 0.15) is 44.0 Å². The molecule has 0 saturated carbocycles. The maximum atomic E-state index is 12.4. The first-order valence-corrected chi connectivity index (χ1v) is 11.9. The van der Waals surface area contributed by atoms with Gasteiger partial charge in [-0.15, -0.1) is 0 Å². The van der Waals surface area contributed by atoms with E-state index in [0.717, 1.165) is 38.3 Å². The second kappa shape index (κ2) is 10.3. The summed E-state index contributed by atoms with van der Waals surface area (Å²) in [4.78, 5) is 37.4. The Morgan fingerprint density at radius 2 is 1.77 bits per heavy atom. The highest BCUT2D eigenvalue weighted by molar-refractivity contribution is 5.87. The van der Waals surface area contributed by atoms with Crippen molar-refractivity contribution in [2.75, 3.05) is 37.2 Å². The van der Waals surface area contributed by atoms with Crippen LogP contribution in [0, 0.1) is 0 Å². The third kappa shape index (κ3) is 5.35. The fraction of sp³-hybridized carbons (Fsp3) is 0.385. The predicted octanol–water partition coefficient (Wildman–Crippen LogP) is 2.96. The zero-order valence-corrected chi connectivity index (χ0v) is 20.6. The number of carbonyl (C=O) groups is 1. The van der Waals surface area contributed by atoms with Gasteiger partial charge >= 0.3 is 0 Å². The minimum atomic E-state index is -0.117. The van der Waals surface area contributed by atoms with E-state index >= 15 is 0 Å². The lowest BCUT2D eigenvalue weighted by Crippen LogP contribution is -2.47. The van der Waals surface area contributed by atoms with Gasteiger partial charge in [-0.05, 0) is 44.0 Å². The molecular weight excluding hydrogens is 442 g/mol. The van der Waals surface area contributed by atoms with Crippen molar-refractivity contribution in [2.45, 2.75) is 39.4 Å². The van der Waals surface area contributed by atoms with E-state index in [1.54, 1.807) is 10.6 Å². The van der Waals surface area contributed by atoms with Gasteiger partial charge in [0.15, 0.2) is 5.65 Å². The van der Waals surface area contributed by atoms with Gasteiger partial charge in [-0.3, -0.25) is 19.1 Å². The Labute approximate surface area is 205 Å². The Balaban J connectivity index is 1.44. The molecule has 184 valence electrons. The van der Waals surface area contributed by atoms with Gasteiger partial charge < -0.3 is 16.0 Å². The van der Waals surface area contributed by atoms with Gasteiger partial charge in [0.05, 0.1) is 11.4 Å². The van der Waals surface area contributed by atoms with Crippen LogP contribution in [0.15, 0.2) is 53.8 Å². The van der Waals surface area contributed by atoms with Gasteiger partial charge in [0.2, 0.25) is 11.9 Å². The van der Waals surface area contributed by atoms with Crippen LogP contribution in [-0.4, -0.2) is 56.4 Å². The van der Waals surface area contributed by atoms with Crippen LogP contribution < -0.4 is 16.6 Å². The SMILES string of the molecule is C=CC(=O)N1CCN(Cc2ccc(C(C)Nc3nc(N)c4ccc(=O)n(C(C)C)c4n3)cc2)CC1. The number of amides is 1. The number of nitrogens with two attached hydrogens (primary N) is 1. The van der Waals surface area contributed by atoms with Crippen molar-refractivity contribution in [3.05, 3.63) is 70.5 Å². The van der Waals surface area contributed by atoms with E-state index in [2.05, 4.69) is 51.0 Å². The summed E-state index contributed by atoms with van der Waals surface area (Å²) in [6, 6.07) is 11.5. The van der Waals surface area contributed by atoms with Gasteiger partial charge in [0, 0.05) is 44.8 Å². The average Bonchev–Trinajstić information content (AvgIpc) is 2.84. The summed E-state index contributed by atoms with van der Waals surface area (Å²) in [5, 5.41) is 3.99. The predicted molar refractivity (Wildman–Crippen MR) is 139 cm³/mol. The second-order valence-corrected chi connectivity index (χ2v) is 9.22. The van der Waals surface area contributed by atoms with Crippen molar-refractivity contribution in [1.82, 2.24) is 24.3 Å². The number of nitrogen functional groups attached to an aromatic ring is 1. The van der Waals surface area contributed by atoms with E-state index in [1.165, 1.54) is 17.7 Å². The highest BCUT2D eigenvalue weighted by atomic mass is 16.2. The van der Waals surface area contributed by atoms with Gasteiger partial charge in [0.1, 0.15) is 5.82 Å². The molecule has 0 bridgehead atoms. The molecule has 1 aliphatic heterocycles. The Kier molecular flexibility index (Phi) is 7.16. The van der Waals surface area contributed by atoms with E-state index in [4.69, 9.17) is 5.73 Å². The van der Waals surface area contributed by atoms with Crippen LogP contribution in [-0.2, 0) is 11.3 Å². The second-order valence-electron chi connectivity index (χ2n) is 9.22. The number of fused-ring (bicyclic) bond motifs is 1. The Bertz CT molecular complexity index is 1280. The molecule has 9 heteroatoms. The quantitative estimate of drug-likeness (QED) is 0.506. The van der Waals surface area contributed by atoms with E-state index in [1.807, 2.05) is 25.7 Å². The molecule has 1 aliphatic rings. The summed E-state index contributed by atoms with van der Waals surface area (Å²) in [5.41, 5.74) is 8.91. The monoisotopic (exact) mass is 475 g/mol. The summed E-state index contributed by atoms with van der Waals surface area (Å²) in [6.07, 6.45) is 1.38. The minimum absolute atomic E-state index is 0.000122. The molecule has 1 fully saturated rings. The number of piperazine rings is 1. The minimum Gasteiger partial charge on any atom is -0.383 e. The van der Waals surface area contributed by atoms with Gasteiger partial charge in [0.25, 0.3) is 5.56 Å². The van der Waals surface area contributed by atoms with Gasteiger partial charge in [-0.1, -0.05) is 30.8 Å². The molecule has 3 aromatic rings. The molecule has 4 rings (SSSR count). The molecule has 0 spiro atoms. The number of nitrogens with one attached hydrogen (secondary N) is 1. The molecule has 1 aromatic carbocycles. The number of pyridine rings is 1. The smallest absolute Gasteiger partial charge is 0.252 e. The number of aromatic nitrogens is 3. The van der Waals surface area contributed by atoms with Crippen molar-refractivity contribution in [1.29, 1.82) is 0 Å². The van der Waals surface area contributed by atoms with Gasteiger partial charge in [-0.25, -0.2) is 0 Å². The zero-order valence-electron chi connectivity index (χ0n) is 20.6. The maximum absolute atomic E-state index is 12.4. The third-order valence-corrected chi connectivity index (χ3v) is 6.42. The molecule has 1 unspecified atom stereocenters. The van der Waals surface area contributed by atoms with Gasteiger partial charge in [-0.2, -0.15) is 9.97 Å². The lowest BCUT2D eigenvalue weighted by molar-refractivity contribution is -0.127. The number of nitrogens with zero attached hydrogens (tertiary/aromatic N) is 5. The molecule has 1 saturated heterocycles. The summed E-state index contributed by atoms with van der Waals surface area (Å²) in [6.45, 7) is 13.5. The molecule has 0 radical (unpaired) electrons. The molecule has 1 amide bonds. The maximum Gasteiger partial charge on any atom is 0.252 e. The highest BCUT2D eigenvalue weighted by Crippen LogP contribution is 2.23. The summed E-state index contributed by atoms with van der Waals surface area (Å²) in [7, 11) is 0. The molecule has 3 heterocycles. The van der Waals surface area contributed by atoms with E-state index in [0.29, 0.717) is 22.8 Å². The first-order chi connectivity index (χ1) is 16.8.